The van der Waals surface area contributed by atoms with Gasteiger partial charge in [-0.1, -0.05) is 23.4 Å². The Morgan fingerprint density at radius 3 is 2.79 bits per heavy atom. The van der Waals surface area contributed by atoms with E-state index in [1.54, 1.807) is 23.9 Å². The van der Waals surface area contributed by atoms with Gasteiger partial charge in [0.2, 0.25) is 0 Å². The van der Waals surface area contributed by atoms with E-state index in [2.05, 4.69) is 32.9 Å². The Bertz CT molecular complexity index is 1020. The number of carbonyl (C=O) groups excluding carboxylic acids is 2. The number of H-pyrrole nitrogens is 1. The molecule has 3 aliphatic rings. The summed E-state index contributed by atoms with van der Waals surface area (Å²) in [4.78, 5) is 32.8. The third-order valence-electron chi connectivity index (χ3n) is 5.68. The number of nitrogens with zero attached hydrogens (tertiary/aromatic N) is 1. The van der Waals surface area contributed by atoms with Crippen LogP contribution in [-0.4, -0.2) is 57.8 Å². The van der Waals surface area contributed by atoms with Crippen LogP contribution in [0, 0.1) is 0 Å². The third-order valence-corrected chi connectivity index (χ3v) is 7.22. The van der Waals surface area contributed by atoms with Gasteiger partial charge in [0.25, 0.3) is 11.8 Å². The fourth-order valence-electron chi connectivity index (χ4n) is 3.96. The molecule has 5 atom stereocenters. The summed E-state index contributed by atoms with van der Waals surface area (Å²) in [6.45, 7) is 3.03. The summed E-state index contributed by atoms with van der Waals surface area (Å²) in [6, 6.07) is 7.79. The Labute approximate surface area is 177 Å². The molecule has 1 aliphatic carbocycles. The number of hydrogen-bond acceptors (Lipinski definition) is 5. The van der Waals surface area contributed by atoms with E-state index >= 15 is 0 Å². The van der Waals surface area contributed by atoms with Crippen LogP contribution in [0.1, 0.15) is 30.3 Å². The smallest absolute Gasteiger partial charge is 0.276 e. The number of aromatic nitrogens is 1. The van der Waals surface area contributed by atoms with E-state index < -0.39 is 0 Å². The predicted molar refractivity (Wildman–Crippen MR) is 116 cm³/mol. The molecule has 1 aromatic carbocycles. The Morgan fingerprint density at radius 2 is 1.97 bits per heavy atom. The molecule has 1 aromatic heterocycles. The molecule has 1 saturated carbocycles. The average molecular weight is 432 g/mol. The maximum Gasteiger partial charge on any atom is 0.276 e. The number of rotatable bonds is 4. The first-order valence-corrected chi connectivity index (χ1v) is 11.1. The number of thioether (sulfide) groups is 1. The van der Waals surface area contributed by atoms with Crippen LogP contribution in [0.5, 0.6) is 0 Å². The molecule has 3 heterocycles. The molecule has 5 rings (SSSR count). The topological polar surface area (TPSA) is 98.4 Å². The van der Waals surface area contributed by atoms with Crippen molar-refractivity contribution in [2.75, 3.05) is 6.54 Å². The van der Waals surface area contributed by atoms with Gasteiger partial charge in [-0.2, -0.15) is 0 Å². The molecule has 2 aromatic rings. The second kappa shape index (κ2) is 7.34. The van der Waals surface area contributed by atoms with Crippen molar-refractivity contribution in [3.8, 4) is 0 Å². The minimum absolute atomic E-state index is 0.0479. The predicted octanol–water partition coefficient (Wildman–Crippen LogP) is 2.07. The monoisotopic (exact) mass is 431 g/mol. The van der Waals surface area contributed by atoms with Crippen LogP contribution >= 0.6 is 23.4 Å². The molecule has 1 saturated heterocycles. The first-order valence-electron chi connectivity index (χ1n) is 9.84. The largest absolute Gasteiger partial charge is 0.351 e. The quantitative estimate of drug-likeness (QED) is 0.595. The molecule has 7 nitrogen and oxygen atoms in total. The summed E-state index contributed by atoms with van der Waals surface area (Å²) in [5.74, 6) is -0.309. The van der Waals surface area contributed by atoms with Crippen molar-refractivity contribution in [1.29, 1.82) is 0 Å². The SMILES string of the molecule is CC1CC2N=C(C(=O)NC3CC3NC(=O)c3cc4cc(Cl)ccc4[nH]3)SC2CN1. The van der Waals surface area contributed by atoms with Crippen LogP contribution in [0.2, 0.25) is 5.02 Å². The van der Waals surface area contributed by atoms with E-state index in [4.69, 9.17) is 11.6 Å². The second-order valence-electron chi connectivity index (χ2n) is 8.01. The zero-order chi connectivity index (χ0) is 20.1. The van der Waals surface area contributed by atoms with E-state index in [0.717, 1.165) is 30.3 Å². The number of hydrogen-bond donors (Lipinski definition) is 4. The molecule has 4 N–H and O–H groups in total. The molecular formula is C20H22ClN5O2S. The Hall–Kier alpha value is -2.03. The lowest BCUT2D eigenvalue weighted by atomic mass is 10.0. The number of fused-ring (bicyclic) bond motifs is 2. The summed E-state index contributed by atoms with van der Waals surface area (Å²) in [5.41, 5.74) is 1.35. The standard InChI is InChI=1S/C20H22ClN5O2S/c1-9-4-15-17(8-22-9)29-20(26-15)19(28)25-14-7-13(14)24-18(27)16-6-10-5-11(21)2-3-12(10)23-16/h2-3,5-6,9,13-15,17,22-23H,4,7-8H2,1H3,(H,24,27)(H,25,28). The summed E-state index contributed by atoms with van der Waals surface area (Å²) in [5, 5.41) is 11.9. The molecule has 0 radical (unpaired) electrons. The average Bonchev–Trinajstić information content (AvgIpc) is 3.09. The summed E-state index contributed by atoms with van der Waals surface area (Å²) in [6.07, 6.45) is 1.69. The first-order chi connectivity index (χ1) is 14.0. The van der Waals surface area contributed by atoms with Crippen molar-refractivity contribution in [2.24, 2.45) is 4.99 Å². The van der Waals surface area contributed by atoms with E-state index in [1.807, 2.05) is 12.1 Å². The third kappa shape index (κ3) is 3.89. The summed E-state index contributed by atoms with van der Waals surface area (Å²) >= 11 is 7.56. The summed E-state index contributed by atoms with van der Waals surface area (Å²) < 4.78 is 0. The number of amides is 2. The molecule has 2 amide bonds. The normalized spacial score (nSPS) is 30.6. The van der Waals surface area contributed by atoms with Crippen molar-refractivity contribution >= 4 is 51.1 Å². The van der Waals surface area contributed by atoms with Gasteiger partial charge in [0, 0.05) is 33.8 Å². The number of nitrogens with one attached hydrogen (secondary N) is 4. The van der Waals surface area contributed by atoms with Gasteiger partial charge in [-0.3, -0.25) is 14.6 Å². The summed E-state index contributed by atoms with van der Waals surface area (Å²) in [7, 11) is 0. The number of carbonyl (C=O) groups is 2. The van der Waals surface area contributed by atoms with E-state index in [1.165, 1.54) is 0 Å². The second-order valence-corrected chi connectivity index (χ2v) is 9.68. The fourth-order valence-corrected chi connectivity index (χ4v) is 5.30. The maximum atomic E-state index is 12.6. The van der Waals surface area contributed by atoms with Gasteiger partial charge in [0.05, 0.1) is 18.1 Å². The Morgan fingerprint density at radius 1 is 1.17 bits per heavy atom. The van der Waals surface area contributed by atoms with Crippen LogP contribution in [-0.2, 0) is 4.79 Å². The van der Waals surface area contributed by atoms with Gasteiger partial charge >= 0.3 is 0 Å². The first kappa shape index (κ1) is 19.0. The lowest BCUT2D eigenvalue weighted by molar-refractivity contribution is -0.114. The molecule has 2 fully saturated rings. The zero-order valence-electron chi connectivity index (χ0n) is 15.9. The highest BCUT2D eigenvalue weighted by molar-refractivity contribution is 8.16. The fraction of sp³-hybridized carbons (Fsp3) is 0.450. The molecule has 5 unspecified atom stereocenters. The van der Waals surface area contributed by atoms with Gasteiger partial charge < -0.3 is 20.9 Å². The van der Waals surface area contributed by atoms with E-state index in [-0.39, 0.29) is 29.9 Å². The van der Waals surface area contributed by atoms with E-state index in [0.29, 0.717) is 27.1 Å². The van der Waals surface area contributed by atoms with Crippen LogP contribution in [0.3, 0.4) is 0 Å². The van der Waals surface area contributed by atoms with E-state index in [9.17, 15) is 9.59 Å². The Balaban J connectivity index is 1.15. The van der Waals surface area contributed by atoms with Gasteiger partial charge in [-0.25, -0.2) is 0 Å². The van der Waals surface area contributed by atoms with Crippen molar-refractivity contribution < 1.29 is 9.59 Å². The van der Waals surface area contributed by atoms with Crippen molar-refractivity contribution in [3.63, 3.8) is 0 Å². The van der Waals surface area contributed by atoms with Crippen LogP contribution < -0.4 is 16.0 Å². The van der Waals surface area contributed by atoms with Crippen molar-refractivity contribution in [2.45, 2.75) is 49.2 Å². The molecule has 9 heteroatoms. The minimum Gasteiger partial charge on any atom is -0.351 e. The molecule has 0 bridgehead atoms. The highest BCUT2D eigenvalue weighted by Crippen LogP contribution is 2.32. The Kier molecular flexibility index (Phi) is 4.80. The lowest BCUT2D eigenvalue weighted by Crippen LogP contribution is -2.44. The highest BCUT2D eigenvalue weighted by atomic mass is 35.5. The number of piperidine rings is 1. The van der Waals surface area contributed by atoms with Crippen LogP contribution in [0.4, 0.5) is 0 Å². The maximum absolute atomic E-state index is 12.6. The molecule has 29 heavy (non-hydrogen) atoms. The number of aliphatic imine (C=N–C) groups is 1. The molecular weight excluding hydrogens is 410 g/mol. The molecule has 0 spiro atoms. The number of benzene rings is 1. The van der Waals surface area contributed by atoms with Crippen molar-refractivity contribution in [1.82, 2.24) is 20.9 Å². The van der Waals surface area contributed by atoms with Gasteiger partial charge in [-0.05, 0) is 44.0 Å². The number of halogens is 1. The molecule has 152 valence electrons. The van der Waals surface area contributed by atoms with Gasteiger partial charge in [-0.15, -0.1) is 0 Å². The minimum atomic E-state index is -0.183. The lowest BCUT2D eigenvalue weighted by Gasteiger charge is -2.28. The van der Waals surface area contributed by atoms with Crippen LogP contribution in [0.25, 0.3) is 10.9 Å². The van der Waals surface area contributed by atoms with Gasteiger partial charge in [0.15, 0.2) is 5.04 Å². The van der Waals surface area contributed by atoms with Crippen molar-refractivity contribution in [3.05, 3.63) is 35.0 Å². The highest BCUT2D eigenvalue weighted by Gasteiger charge is 2.42. The molecule has 2 aliphatic heterocycles. The number of aromatic amines is 1. The van der Waals surface area contributed by atoms with Gasteiger partial charge in [0.1, 0.15) is 5.69 Å². The van der Waals surface area contributed by atoms with Crippen LogP contribution in [0.15, 0.2) is 29.3 Å². The zero-order valence-corrected chi connectivity index (χ0v) is 17.4.